The molecule has 2 aromatic carbocycles. The maximum atomic E-state index is 5.92. The standard InChI is InChI=1S/C30H32N4OS/c1-18-15-19(2)28(20(3)16-18)33-21(4)17-25(22(33)5)29-27(26-9-7-8-14-31-26)32-30(36)34(29)23-10-12-24(35-6)13-11-23/h7-17,27,29H,1-6H3,(H,32,36)/t27-,29+/m1/s1. The van der Waals surface area contributed by atoms with Crippen LogP contribution >= 0.6 is 12.2 Å². The molecule has 0 radical (unpaired) electrons. The number of hydrogen-bond donors (Lipinski definition) is 1. The third-order valence-electron chi connectivity index (χ3n) is 7.10. The molecule has 1 saturated heterocycles. The number of benzene rings is 2. The van der Waals surface area contributed by atoms with Crippen LogP contribution in [-0.2, 0) is 0 Å². The molecule has 1 aliphatic heterocycles. The van der Waals surface area contributed by atoms with Crippen LogP contribution in [0, 0.1) is 34.6 Å². The molecule has 5 nitrogen and oxygen atoms in total. The number of nitrogens with one attached hydrogen (secondary N) is 1. The fourth-order valence-corrected chi connectivity index (χ4v) is 5.99. The molecule has 0 spiro atoms. The molecule has 4 aromatic rings. The van der Waals surface area contributed by atoms with E-state index in [1.165, 1.54) is 39.3 Å². The summed E-state index contributed by atoms with van der Waals surface area (Å²) in [6.07, 6.45) is 1.84. The van der Waals surface area contributed by atoms with E-state index in [4.69, 9.17) is 21.9 Å². The number of anilines is 1. The first-order chi connectivity index (χ1) is 17.3. The van der Waals surface area contributed by atoms with Gasteiger partial charge in [-0.3, -0.25) is 4.98 Å². The SMILES string of the molecule is COc1ccc(N2C(=S)N[C@H](c3ccccn3)[C@@H]2c2cc(C)n(-c3c(C)cc(C)cc3C)c2C)cc1. The second kappa shape index (κ2) is 9.43. The molecular formula is C30H32N4OS. The minimum atomic E-state index is -0.0880. The van der Waals surface area contributed by atoms with Crippen LogP contribution in [0.15, 0.2) is 66.9 Å². The summed E-state index contributed by atoms with van der Waals surface area (Å²) in [5.41, 5.74) is 10.7. The molecule has 0 bridgehead atoms. The molecule has 2 atom stereocenters. The van der Waals surface area contributed by atoms with Gasteiger partial charge in [0.2, 0.25) is 0 Å². The lowest BCUT2D eigenvalue weighted by atomic mass is 9.96. The van der Waals surface area contributed by atoms with Crippen LogP contribution in [0.25, 0.3) is 5.69 Å². The van der Waals surface area contributed by atoms with Gasteiger partial charge in [0.25, 0.3) is 0 Å². The minimum absolute atomic E-state index is 0.0631. The van der Waals surface area contributed by atoms with Crippen molar-refractivity contribution in [3.8, 4) is 11.4 Å². The molecule has 0 saturated carbocycles. The van der Waals surface area contributed by atoms with Gasteiger partial charge in [0.05, 0.1) is 30.6 Å². The average molecular weight is 497 g/mol. The second-order valence-electron chi connectivity index (χ2n) is 9.60. The van der Waals surface area contributed by atoms with Crippen LogP contribution in [0.4, 0.5) is 5.69 Å². The smallest absolute Gasteiger partial charge is 0.174 e. The highest BCUT2D eigenvalue weighted by Crippen LogP contribution is 2.44. The number of methoxy groups -OCH3 is 1. The van der Waals surface area contributed by atoms with Gasteiger partial charge in [0, 0.05) is 23.3 Å². The van der Waals surface area contributed by atoms with Crippen molar-refractivity contribution in [2.24, 2.45) is 0 Å². The molecule has 1 N–H and O–H groups in total. The first-order valence-corrected chi connectivity index (χ1v) is 12.6. The lowest BCUT2D eigenvalue weighted by molar-refractivity contribution is 0.415. The second-order valence-corrected chi connectivity index (χ2v) is 9.99. The predicted octanol–water partition coefficient (Wildman–Crippen LogP) is 6.60. The summed E-state index contributed by atoms with van der Waals surface area (Å²) in [6.45, 7) is 10.9. The molecule has 2 aromatic heterocycles. The van der Waals surface area contributed by atoms with Gasteiger partial charge in [-0.05, 0) is 106 Å². The molecule has 0 amide bonds. The predicted molar refractivity (Wildman–Crippen MR) is 150 cm³/mol. The largest absolute Gasteiger partial charge is 0.497 e. The number of pyridine rings is 1. The molecule has 5 rings (SSSR count). The van der Waals surface area contributed by atoms with Crippen molar-refractivity contribution in [1.82, 2.24) is 14.9 Å². The Morgan fingerprint density at radius 3 is 2.22 bits per heavy atom. The van der Waals surface area contributed by atoms with Gasteiger partial charge in [-0.15, -0.1) is 0 Å². The molecular weight excluding hydrogens is 464 g/mol. The van der Waals surface area contributed by atoms with Gasteiger partial charge >= 0.3 is 0 Å². The van der Waals surface area contributed by atoms with E-state index in [-0.39, 0.29) is 12.1 Å². The number of nitrogens with zero attached hydrogens (tertiary/aromatic N) is 3. The van der Waals surface area contributed by atoms with E-state index in [1.54, 1.807) is 7.11 Å². The van der Waals surface area contributed by atoms with Crippen molar-refractivity contribution in [2.75, 3.05) is 12.0 Å². The Morgan fingerprint density at radius 1 is 0.917 bits per heavy atom. The van der Waals surface area contributed by atoms with Crippen molar-refractivity contribution in [3.63, 3.8) is 0 Å². The van der Waals surface area contributed by atoms with E-state index in [0.717, 1.165) is 17.1 Å². The van der Waals surface area contributed by atoms with Crippen molar-refractivity contribution >= 4 is 23.0 Å². The van der Waals surface area contributed by atoms with E-state index >= 15 is 0 Å². The fourth-order valence-electron chi connectivity index (χ4n) is 5.65. The van der Waals surface area contributed by atoms with Gasteiger partial charge in [-0.1, -0.05) is 23.8 Å². The van der Waals surface area contributed by atoms with Crippen LogP contribution in [0.3, 0.4) is 0 Å². The maximum Gasteiger partial charge on any atom is 0.174 e. The Balaban J connectivity index is 1.69. The van der Waals surface area contributed by atoms with E-state index in [2.05, 4.69) is 85.8 Å². The average Bonchev–Trinajstić information content (AvgIpc) is 3.35. The van der Waals surface area contributed by atoms with E-state index in [1.807, 2.05) is 30.5 Å². The zero-order chi connectivity index (χ0) is 25.6. The summed E-state index contributed by atoms with van der Waals surface area (Å²) in [7, 11) is 1.68. The highest BCUT2D eigenvalue weighted by Gasteiger charge is 2.42. The molecule has 6 heteroatoms. The first kappa shape index (κ1) is 24.1. The fraction of sp³-hybridized carbons (Fsp3) is 0.267. The lowest BCUT2D eigenvalue weighted by Crippen LogP contribution is -2.29. The molecule has 3 heterocycles. The number of aromatic nitrogens is 2. The van der Waals surface area contributed by atoms with Crippen LogP contribution in [0.2, 0.25) is 0 Å². The molecule has 0 unspecified atom stereocenters. The first-order valence-electron chi connectivity index (χ1n) is 12.2. The van der Waals surface area contributed by atoms with Crippen LogP contribution in [0.1, 0.15) is 51.4 Å². The van der Waals surface area contributed by atoms with Crippen molar-refractivity contribution < 1.29 is 4.74 Å². The molecule has 36 heavy (non-hydrogen) atoms. The van der Waals surface area contributed by atoms with Gasteiger partial charge < -0.3 is 19.5 Å². The Hall–Kier alpha value is -3.64. The summed E-state index contributed by atoms with van der Waals surface area (Å²) in [5, 5.41) is 4.26. The van der Waals surface area contributed by atoms with E-state index < -0.39 is 0 Å². The number of thiocarbonyl (C=S) groups is 1. The van der Waals surface area contributed by atoms with Crippen LogP contribution in [0.5, 0.6) is 5.75 Å². The number of aryl methyl sites for hydroxylation is 4. The summed E-state index contributed by atoms with van der Waals surface area (Å²) in [5.74, 6) is 0.818. The topological polar surface area (TPSA) is 42.3 Å². The number of hydrogen-bond acceptors (Lipinski definition) is 3. The zero-order valence-corrected chi connectivity index (χ0v) is 22.5. The molecule has 1 fully saturated rings. The van der Waals surface area contributed by atoms with Crippen molar-refractivity contribution in [3.05, 3.63) is 106 Å². The molecule has 1 aliphatic rings. The zero-order valence-electron chi connectivity index (χ0n) is 21.7. The minimum Gasteiger partial charge on any atom is -0.497 e. The van der Waals surface area contributed by atoms with Crippen molar-refractivity contribution in [2.45, 2.75) is 46.7 Å². The van der Waals surface area contributed by atoms with Gasteiger partial charge in [0.1, 0.15) is 5.75 Å². The highest BCUT2D eigenvalue weighted by molar-refractivity contribution is 7.80. The van der Waals surface area contributed by atoms with E-state index in [0.29, 0.717) is 5.11 Å². The Bertz CT molecular complexity index is 1400. The highest BCUT2D eigenvalue weighted by atomic mass is 32.1. The summed E-state index contributed by atoms with van der Waals surface area (Å²) in [6, 6.07) is 20.8. The summed E-state index contributed by atoms with van der Waals surface area (Å²) in [4.78, 5) is 6.92. The molecule has 0 aliphatic carbocycles. The van der Waals surface area contributed by atoms with Gasteiger partial charge in [0.15, 0.2) is 5.11 Å². The quantitative estimate of drug-likeness (QED) is 0.315. The Labute approximate surface area is 218 Å². The van der Waals surface area contributed by atoms with Gasteiger partial charge in [-0.25, -0.2) is 0 Å². The third-order valence-corrected chi connectivity index (χ3v) is 7.41. The Morgan fingerprint density at radius 2 is 1.61 bits per heavy atom. The summed E-state index contributed by atoms with van der Waals surface area (Å²) < 4.78 is 7.79. The lowest BCUT2D eigenvalue weighted by Gasteiger charge is -2.28. The van der Waals surface area contributed by atoms with Crippen LogP contribution < -0.4 is 15.0 Å². The normalized spacial score (nSPS) is 17.4. The monoisotopic (exact) mass is 496 g/mol. The van der Waals surface area contributed by atoms with E-state index in [9.17, 15) is 0 Å². The maximum absolute atomic E-state index is 5.92. The number of rotatable bonds is 5. The van der Waals surface area contributed by atoms with Gasteiger partial charge in [-0.2, -0.15) is 0 Å². The summed E-state index contributed by atoms with van der Waals surface area (Å²) >= 11 is 5.92. The third kappa shape index (κ3) is 4.05. The molecule has 184 valence electrons. The van der Waals surface area contributed by atoms with Crippen molar-refractivity contribution in [1.29, 1.82) is 0 Å². The van der Waals surface area contributed by atoms with Crippen LogP contribution in [-0.4, -0.2) is 21.8 Å². The number of ether oxygens (including phenoxy) is 1. The Kier molecular flexibility index (Phi) is 6.31.